The fraction of sp³-hybridized carbons (Fsp3) is 0.269. The van der Waals surface area contributed by atoms with Gasteiger partial charge < -0.3 is 25.7 Å². The van der Waals surface area contributed by atoms with Crippen LogP contribution in [0.5, 0.6) is 0 Å². The van der Waals surface area contributed by atoms with Gasteiger partial charge in [-0.3, -0.25) is 24.3 Å². The number of carbonyl (C=O) groups excluding carboxylic acids is 2. The van der Waals surface area contributed by atoms with Crippen LogP contribution in [0.15, 0.2) is 146 Å². The van der Waals surface area contributed by atoms with E-state index in [0.717, 1.165) is 182 Å². The number of hydrogen-bond donors (Lipinski definition) is 2. The van der Waals surface area contributed by atoms with E-state index in [1.54, 1.807) is 6.92 Å². The van der Waals surface area contributed by atoms with Crippen LogP contribution >= 0.6 is 23.2 Å². The zero-order chi connectivity index (χ0) is 59.0. The number of fused-ring (bicyclic) bond motifs is 3. The van der Waals surface area contributed by atoms with Gasteiger partial charge in [-0.05, 0) is 108 Å². The molecule has 15 nitrogen and oxygen atoms in total. The third kappa shape index (κ3) is 16.8. The standard InChI is InChI=1S/C24H23N3O2.C21H20N4O.C20H20ClN3O.C2H3ClO/c1-17(28)13-18-3-5-19(6-4-18)23-14-20(16-27-9-11-29-12-10-27)22-8-7-21(25-2)15-24(22)26-23;1-23-18-6-7-19-16(14-25-8-10-26-11-9-25)12-20(24-21(19)13-18)15-2-4-17(22)5-3-15;21-16-3-6-18-15(13-24-7-9-25-10-8-24)11-19(23-20(18)12-16)14-1-4-17(22)5-2-14;1-2(3)4/h3-8,14-15H,9-13,16H2,1H3;2-7,12-13H,8-11,14,22H2;1-6,11-12H,7-10,13,22H2;1H3. The van der Waals surface area contributed by atoms with Crippen molar-refractivity contribution >= 4 is 89.7 Å². The molecule has 0 radical (unpaired) electrons. The van der Waals surface area contributed by atoms with Crippen molar-refractivity contribution in [3.63, 3.8) is 0 Å². The number of nitrogen functional groups attached to an aromatic ring is 2. The van der Waals surface area contributed by atoms with Crippen LogP contribution in [0.1, 0.15) is 36.1 Å². The van der Waals surface area contributed by atoms with Crippen molar-refractivity contribution in [1.29, 1.82) is 0 Å². The van der Waals surface area contributed by atoms with Gasteiger partial charge >= 0.3 is 0 Å². The molecule has 17 heteroatoms. The average molecular weight is 1160 g/mol. The zero-order valence-electron chi connectivity index (χ0n) is 47.2. The number of carbonyl (C=O) groups is 2. The normalized spacial score (nSPS) is 14.6. The highest BCUT2D eigenvalue weighted by atomic mass is 35.5. The summed E-state index contributed by atoms with van der Waals surface area (Å²) in [5.41, 5.74) is 27.5. The van der Waals surface area contributed by atoms with Gasteiger partial charge in [-0.1, -0.05) is 90.5 Å². The first-order chi connectivity index (χ1) is 40.8. The Morgan fingerprint density at radius 1 is 0.488 bits per heavy atom. The number of ether oxygens (including phenoxy) is 3. The number of benzene rings is 6. The summed E-state index contributed by atoms with van der Waals surface area (Å²) >= 11 is 10.8. The van der Waals surface area contributed by atoms with Crippen molar-refractivity contribution in [2.45, 2.75) is 39.9 Å². The molecule has 3 fully saturated rings. The number of rotatable bonds is 11. The number of pyridine rings is 3. The van der Waals surface area contributed by atoms with Crippen LogP contribution in [0.4, 0.5) is 22.7 Å². The molecule has 0 aliphatic carbocycles. The Bertz CT molecular complexity index is 3830. The van der Waals surface area contributed by atoms with Crippen LogP contribution in [0.3, 0.4) is 0 Å². The largest absolute Gasteiger partial charge is 0.399 e. The van der Waals surface area contributed by atoms with Crippen molar-refractivity contribution in [1.82, 2.24) is 29.7 Å². The van der Waals surface area contributed by atoms with Crippen molar-refractivity contribution in [2.24, 2.45) is 0 Å². The van der Waals surface area contributed by atoms with E-state index in [2.05, 4.69) is 60.3 Å². The minimum absolute atomic E-state index is 0.154. The Labute approximate surface area is 500 Å². The quantitative estimate of drug-likeness (QED) is 0.0713. The highest BCUT2D eigenvalue weighted by Gasteiger charge is 2.19. The topological polar surface area (TPSA) is 171 Å². The van der Waals surface area contributed by atoms with Crippen LogP contribution in [-0.2, 0) is 49.9 Å². The fourth-order valence-electron chi connectivity index (χ4n) is 10.2. The van der Waals surface area contributed by atoms with E-state index in [9.17, 15) is 9.59 Å². The van der Waals surface area contributed by atoms with Crippen LogP contribution in [0.2, 0.25) is 5.02 Å². The maximum atomic E-state index is 11.4. The highest BCUT2D eigenvalue weighted by molar-refractivity contribution is 6.62. The first kappa shape index (κ1) is 60.4. The number of nitrogens with zero attached hydrogens (tertiary/aromatic N) is 8. The molecule has 3 aliphatic heterocycles. The summed E-state index contributed by atoms with van der Waals surface area (Å²) < 4.78 is 16.4. The second kappa shape index (κ2) is 29.4. The fourth-order valence-corrected chi connectivity index (χ4v) is 10.4. The van der Waals surface area contributed by atoms with Gasteiger partial charge in [0.05, 0.1) is 86.4 Å². The third-order valence-corrected chi connectivity index (χ3v) is 14.7. The molecule has 9 aromatic rings. The zero-order valence-corrected chi connectivity index (χ0v) is 48.7. The Kier molecular flexibility index (Phi) is 21.1. The molecular weight excluding hydrogens is 1100 g/mol. The van der Waals surface area contributed by atoms with Gasteiger partial charge in [-0.25, -0.2) is 24.6 Å². The molecule has 3 aliphatic rings. The lowest BCUT2D eigenvalue weighted by Gasteiger charge is -2.27. The summed E-state index contributed by atoms with van der Waals surface area (Å²) in [7, 11) is 0. The van der Waals surface area contributed by atoms with Crippen LogP contribution in [0.25, 0.3) is 76.2 Å². The number of morpholine rings is 3. The average Bonchev–Trinajstić information content (AvgIpc) is 3.52. The first-order valence-corrected chi connectivity index (χ1v) is 28.6. The van der Waals surface area contributed by atoms with Gasteiger partial charge in [0.15, 0.2) is 11.4 Å². The van der Waals surface area contributed by atoms with Crippen LogP contribution < -0.4 is 11.5 Å². The number of halogens is 2. The van der Waals surface area contributed by atoms with Gasteiger partial charge in [0.1, 0.15) is 5.78 Å². The van der Waals surface area contributed by atoms with Crippen molar-refractivity contribution in [2.75, 3.05) is 90.4 Å². The van der Waals surface area contributed by atoms with Crippen molar-refractivity contribution in [3.05, 3.63) is 196 Å². The van der Waals surface area contributed by atoms with E-state index in [-0.39, 0.29) is 11.0 Å². The van der Waals surface area contributed by atoms with Gasteiger partial charge in [-0.15, -0.1) is 0 Å². The molecule has 0 atom stereocenters. The van der Waals surface area contributed by atoms with Crippen molar-refractivity contribution in [3.8, 4) is 33.8 Å². The minimum atomic E-state index is -0.361. The molecular formula is C67H66Cl2N10O5. The number of aromatic nitrogens is 3. The van der Waals surface area contributed by atoms with E-state index in [1.165, 1.54) is 23.6 Å². The Balaban J connectivity index is 0.000000147. The summed E-state index contributed by atoms with van der Waals surface area (Å²) in [4.78, 5) is 49.4. The Morgan fingerprint density at radius 3 is 1.14 bits per heavy atom. The summed E-state index contributed by atoms with van der Waals surface area (Å²) in [5, 5.41) is 3.67. The second-order valence-corrected chi connectivity index (χ2v) is 21.7. The lowest BCUT2D eigenvalue weighted by atomic mass is 10.0. The molecule has 84 heavy (non-hydrogen) atoms. The van der Waals surface area contributed by atoms with Crippen molar-refractivity contribution < 1.29 is 23.8 Å². The summed E-state index contributed by atoms with van der Waals surface area (Å²) in [6.07, 6.45) is 0.447. The van der Waals surface area contributed by atoms with Gasteiger partial charge in [-0.2, -0.15) is 0 Å². The Morgan fingerprint density at radius 2 is 0.810 bits per heavy atom. The molecule has 428 valence electrons. The molecule has 3 aromatic heterocycles. The predicted octanol–water partition coefficient (Wildman–Crippen LogP) is 13.0. The molecule has 6 aromatic carbocycles. The SMILES string of the molecule is CC(=O)Cl.Nc1ccc(-c2cc(CN3CCOCC3)c3ccc(Cl)cc3n2)cc1.[C-]#[N+]c1ccc2c(CN3CCOCC3)cc(-c3ccc(CC(C)=O)cc3)nc2c1.[C-]#[N+]c1ccc2c(CN3CCOCC3)cc(-c3ccc(N)cc3)nc2c1. The molecule has 0 saturated carbocycles. The molecule has 0 bridgehead atoms. The first-order valence-electron chi connectivity index (χ1n) is 27.9. The lowest BCUT2D eigenvalue weighted by Crippen LogP contribution is -2.35. The van der Waals surface area contributed by atoms with Gasteiger partial charge in [0.2, 0.25) is 5.24 Å². The summed E-state index contributed by atoms with van der Waals surface area (Å²) in [6, 6.07) is 47.4. The van der Waals surface area contributed by atoms with E-state index in [0.29, 0.717) is 22.8 Å². The number of anilines is 2. The molecule has 4 N–H and O–H groups in total. The molecule has 0 unspecified atom stereocenters. The Hall–Kier alpha value is -8.19. The van der Waals surface area contributed by atoms with E-state index in [4.69, 9.17) is 65.4 Å². The third-order valence-electron chi connectivity index (χ3n) is 14.5. The number of Topliss-reactive ketones (excluding diaryl/α,β-unsaturated/α-hetero) is 1. The highest BCUT2D eigenvalue weighted by Crippen LogP contribution is 2.33. The van der Waals surface area contributed by atoms with Gasteiger partial charge in [0.25, 0.3) is 0 Å². The molecule has 6 heterocycles. The lowest BCUT2D eigenvalue weighted by molar-refractivity contribution is -0.116. The molecule has 0 amide bonds. The van der Waals surface area contributed by atoms with E-state index < -0.39 is 0 Å². The monoisotopic (exact) mass is 1160 g/mol. The molecule has 0 spiro atoms. The van der Waals surface area contributed by atoms with Crippen LogP contribution in [-0.4, -0.2) is 120 Å². The number of ketones is 1. The van der Waals surface area contributed by atoms with Gasteiger partial charge in [0, 0.05) is 121 Å². The number of hydrogen-bond acceptors (Lipinski definition) is 13. The summed E-state index contributed by atoms with van der Waals surface area (Å²) in [6.45, 7) is 30.3. The molecule has 3 saturated heterocycles. The summed E-state index contributed by atoms with van der Waals surface area (Å²) in [5.74, 6) is 0.154. The number of nitrogens with two attached hydrogens (primary N) is 2. The maximum absolute atomic E-state index is 11.4. The minimum Gasteiger partial charge on any atom is -0.399 e. The smallest absolute Gasteiger partial charge is 0.218 e. The maximum Gasteiger partial charge on any atom is 0.218 e. The van der Waals surface area contributed by atoms with Crippen LogP contribution in [0, 0.1) is 13.1 Å². The molecule has 12 rings (SSSR count). The van der Waals surface area contributed by atoms with E-state index >= 15 is 0 Å². The predicted molar refractivity (Wildman–Crippen MR) is 337 cm³/mol. The van der Waals surface area contributed by atoms with E-state index in [1.807, 2.05) is 121 Å². The second-order valence-electron chi connectivity index (χ2n) is 20.7.